The standard InChI is InChI=1S/C29H34FN5S/c1-18-11-12-20(14-22(18)25-13-19-9-7-8-10-24(19)36-25)33-27-31-17-23(30)26(34-27)32-21-15-28(2,3)35(6)29(4,5)16-21/h7-14,17,21H,15-16H2,1-6H3,(H2,31,32,33,34). The second-order valence-corrected chi connectivity index (χ2v) is 12.2. The first-order valence-corrected chi connectivity index (χ1v) is 13.2. The number of anilines is 3. The van der Waals surface area contributed by atoms with Crippen molar-refractivity contribution >= 4 is 38.9 Å². The molecule has 0 spiro atoms. The molecule has 1 saturated heterocycles. The largest absolute Gasteiger partial charge is 0.365 e. The third kappa shape index (κ3) is 4.82. The number of aryl methyl sites for hydroxylation is 1. The summed E-state index contributed by atoms with van der Waals surface area (Å²) in [5, 5.41) is 7.91. The molecule has 36 heavy (non-hydrogen) atoms. The van der Waals surface area contributed by atoms with Gasteiger partial charge in [-0.1, -0.05) is 24.3 Å². The van der Waals surface area contributed by atoms with E-state index in [-0.39, 0.29) is 22.9 Å². The van der Waals surface area contributed by atoms with Crippen LogP contribution >= 0.6 is 11.3 Å². The Labute approximate surface area is 216 Å². The van der Waals surface area contributed by atoms with Gasteiger partial charge >= 0.3 is 0 Å². The number of nitrogens with zero attached hydrogens (tertiary/aromatic N) is 3. The molecule has 1 aliphatic heterocycles. The zero-order valence-corrected chi connectivity index (χ0v) is 22.6. The quantitative estimate of drug-likeness (QED) is 0.293. The van der Waals surface area contributed by atoms with Crippen LogP contribution in [0.3, 0.4) is 0 Å². The first-order chi connectivity index (χ1) is 17.0. The van der Waals surface area contributed by atoms with E-state index in [0.29, 0.717) is 5.95 Å². The molecular weight excluding hydrogens is 469 g/mol. The maximum Gasteiger partial charge on any atom is 0.229 e. The second kappa shape index (κ2) is 9.12. The van der Waals surface area contributed by atoms with Crippen LogP contribution in [-0.2, 0) is 0 Å². The third-order valence-corrected chi connectivity index (χ3v) is 8.73. The maximum absolute atomic E-state index is 14.7. The Morgan fingerprint density at radius 2 is 1.75 bits per heavy atom. The first-order valence-electron chi connectivity index (χ1n) is 12.4. The molecule has 0 saturated carbocycles. The zero-order valence-electron chi connectivity index (χ0n) is 21.8. The van der Waals surface area contributed by atoms with Crippen LogP contribution in [-0.4, -0.2) is 39.0 Å². The van der Waals surface area contributed by atoms with E-state index in [0.717, 1.165) is 24.1 Å². The fraction of sp³-hybridized carbons (Fsp3) is 0.379. The summed E-state index contributed by atoms with van der Waals surface area (Å²) in [5.74, 6) is 0.173. The Kier molecular flexibility index (Phi) is 6.25. The summed E-state index contributed by atoms with van der Waals surface area (Å²) in [7, 11) is 2.16. The maximum atomic E-state index is 14.7. The molecule has 2 aromatic carbocycles. The molecule has 0 atom stereocenters. The van der Waals surface area contributed by atoms with Gasteiger partial charge in [-0.3, -0.25) is 4.90 Å². The lowest BCUT2D eigenvalue weighted by molar-refractivity contribution is -0.00778. The molecule has 188 valence electrons. The van der Waals surface area contributed by atoms with Crippen molar-refractivity contribution in [3.05, 3.63) is 66.1 Å². The molecule has 0 aliphatic carbocycles. The number of halogens is 1. The highest BCUT2D eigenvalue weighted by atomic mass is 32.1. The van der Waals surface area contributed by atoms with Gasteiger partial charge in [0.25, 0.3) is 0 Å². The number of piperidine rings is 1. The molecule has 3 heterocycles. The van der Waals surface area contributed by atoms with Crippen LogP contribution in [0.5, 0.6) is 0 Å². The number of likely N-dealkylation sites (tertiary alicyclic amines) is 1. The van der Waals surface area contributed by atoms with Crippen molar-refractivity contribution in [3.8, 4) is 10.4 Å². The first kappa shape index (κ1) is 24.7. The van der Waals surface area contributed by atoms with Crippen LogP contribution in [0.2, 0.25) is 0 Å². The van der Waals surface area contributed by atoms with E-state index >= 15 is 0 Å². The summed E-state index contributed by atoms with van der Waals surface area (Å²) in [4.78, 5) is 12.4. The molecule has 5 nitrogen and oxygen atoms in total. The molecule has 2 N–H and O–H groups in total. The van der Waals surface area contributed by atoms with Crippen LogP contribution in [0.15, 0.2) is 54.7 Å². The minimum atomic E-state index is -0.440. The van der Waals surface area contributed by atoms with Gasteiger partial charge in [-0.25, -0.2) is 9.37 Å². The molecule has 4 aromatic rings. The summed E-state index contributed by atoms with van der Waals surface area (Å²) in [5.41, 5.74) is 3.22. The van der Waals surface area contributed by atoms with E-state index < -0.39 is 5.82 Å². The topological polar surface area (TPSA) is 53.1 Å². The van der Waals surface area contributed by atoms with Crippen molar-refractivity contribution in [1.29, 1.82) is 0 Å². The molecule has 1 aliphatic rings. The van der Waals surface area contributed by atoms with E-state index in [9.17, 15) is 4.39 Å². The van der Waals surface area contributed by atoms with Gasteiger partial charge in [0.2, 0.25) is 5.95 Å². The van der Waals surface area contributed by atoms with Crippen LogP contribution in [0.4, 0.5) is 21.8 Å². The molecule has 2 aromatic heterocycles. The van der Waals surface area contributed by atoms with Crippen molar-refractivity contribution in [3.63, 3.8) is 0 Å². The number of thiophene rings is 1. The lowest BCUT2D eigenvalue weighted by Gasteiger charge is -2.53. The summed E-state index contributed by atoms with van der Waals surface area (Å²) in [6.07, 6.45) is 3.04. The van der Waals surface area contributed by atoms with Crippen LogP contribution in [0, 0.1) is 12.7 Å². The highest BCUT2D eigenvalue weighted by Gasteiger charge is 2.43. The van der Waals surface area contributed by atoms with Crippen LogP contribution in [0.25, 0.3) is 20.5 Å². The van der Waals surface area contributed by atoms with Crippen LogP contribution < -0.4 is 10.6 Å². The van der Waals surface area contributed by atoms with Gasteiger partial charge in [0.05, 0.1) is 6.20 Å². The molecule has 5 rings (SSSR count). The van der Waals surface area contributed by atoms with Gasteiger partial charge in [0, 0.05) is 32.4 Å². The molecule has 7 heteroatoms. The summed E-state index contributed by atoms with van der Waals surface area (Å²) >= 11 is 1.78. The molecule has 0 unspecified atom stereocenters. The monoisotopic (exact) mass is 503 g/mol. The van der Waals surface area contributed by atoms with E-state index in [1.54, 1.807) is 11.3 Å². The van der Waals surface area contributed by atoms with E-state index in [2.05, 4.69) is 110 Å². The minimum Gasteiger partial charge on any atom is -0.365 e. The molecular formula is C29H34FN5S. The smallest absolute Gasteiger partial charge is 0.229 e. The number of rotatable bonds is 5. The average molecular weight is 504 g/mol. The Hall–Kier alpha value is -3.03. The molecule has 0 radical (unpaired) electrons. The van der Waals surface area contributed by atoms with Crippen molar-refractivity contribution in [1.82, 2.24) is 14.9 Å². The van der Waals surface area contributed by atoms with Gasteiger partial charge < -0.3 is 10.6 Å². The van der Waals surface area contributed by atoms with Crippen molar-refractivity contribution in [2.75, 3.05) is 17.7 Å². The molecule has 0 bridgehead atoms. The van der Waals surface area contributed by atoms with Crippen molar-refractivity contribution in [2.45, 2.75) is 64.6 Å². The number of nitrogens with one attached hydrogen (secondary N) is 2. The van der Waals surface area contributed by atoms with E-state index in [4.69, 9.17) is 0 Å². The van der Waals surface area contributed by atoms with Crippen molar-refractivity contribution < 1.29 is 4.39 Å². The highest BCUT2D eigenvalue weighted by molar-refractivity contribution is 7.22. The van der Waals surface area contributed by atoms with Gasteiger partial charge in [0.15, 0.2) is 11.6 Å². The SMILES string of the molecule is Cc1ccc(Nc2ncc(F)c(NC3CC(C)(C)N(C)C(C)(C)C3)n2)cc1-c1cc2ccccc2s1. The van der Waals surface area contributed by atoms with Gasteiger partial charge in [-0.15, -0.1) is 11.3 Å². The lowest BCUT2D eigenvalue weighted by Crippen LogP contribution is -2.61. The minimum absolute atomic E-state index is 0.00506. The van der Waals surface area contributed by atoms with Gasteiger partial charge in [-0.05, 0) is 95.3 Å². The Bertz CT molecular complexity index is 1360. The number of hydrogen-bond acceptors (Lipinski definition) is 6. The fourth-order valence-corrected chi connectivity index (χ4v) is 6.55. The Morgan fingerprint density at radius 1 is 1.03 bits per heavy atom. The van der Waals surface area contributed by atoms with Gasteiger partial charge in [-0.2, -0.15) is 4.98 Å². The predicted octanol–water partition coefficient (Wildman–Crippen LogP) is 7.61. The third-order valence-electron chi connectivity index (χ3n) is 7.58. The summed E-state index contributed by atoms with van der Waals surface area (Å²) in [6, 6.07) is 17.0. The summed E-state index contributed by atoms with van der Waals surface area (Å²) in [6.45, 7) is 11.0. The lowest BCUT2D eigenvalue weighted by atomic mass is 9.77. The number of benzene rings is 2. The highest BCUT2D eigenvalue weighted by Crippen LogP contribution is 2.39. The molecule has 1 fully saturated rings. The number of aromatic nitrogens is 2. The van der Waals surface area contributed by atoms with E-state index in [1.807, 2.05) is 6.07 Å². The Balaban J connectivity index is 1.38. The normalized spacial score (nSPS) is 17.9. The van der Waals surface area contributed by atoms with Crippen LogP contribution in [0.1, 0.15) is 46.1 Å². The fourth-order valence-electron chi connectivity index (χ4n) is 5.40. The summed E-state index contributed by atoms with van der Waals surface area (Å²) < 4.78 is 16.0. The average Bonchev–Trinajstić information content (AvgIpc) is 3.24. The second-order valence-electron chi connectivity index (χ2n) is 11.1. The molecule has 0 amide bonds. The number of fused-ring (bicyclic) bond motifs is 1. The Morgan fingerprint density at radius 3 is 2.47 bits per heavy atom. The predicted molar refractivity (Wildman–Crippen MR) is 150 cm³/mol. The zero-order chi connectivity index (χ0) is 25.7. The van der Waals surface area contributed by atoms with E-state index in [1.165, 1.54) is 26.7 Å². The van der Waals surface area contributed by atoms with Crippen molar-refractivity contribution in [2.24, 2.45) is 0 Å². The van der Waals surface area contributed by atoms with Gasteiger partial charge in [0.1, 0.15) is 0 Å². The number of hydrogen-bond donors (Lipinski definition) is 2.